The van der Waals surface area contributed by atoms with Gasteiger partial charge in [-0.3, -0.25) is 14.8 Å². The Hall–Kier alpha value is -3.67. The number of imidazole rings is 1. The van der Waals surface area contributed by atoms with E-state index in [1.165, 1.54) is 16.9 Å². The Labute approximate surface area is 269 Å². The fourth-order valence-electron chi connectivity index (χ4n) is 6.76. The molecule has 1 amide bonds. The lowest BCUT2D eigenvalue weighted by molar-refractivity contribution is -0.118. The van der Waals surface area contributed by atoms with Gasteiger partial charge in [0.1, 0.15) is 17.9 Å². The molecule has 3 aromatic heterocycles. The van der Waals surface area contributed by atoms with E-state index in [1.807, 2.05) is 13.1 Å². The normalized spacial score (nSPS) is 18.7. The number of anilines is 1. The molecular weight excluding hydrogens is 616 g/mol. The molecule has 2 aliphatic heterocycles. The van der Waals surface area contributed by atoms with Gasteiger partial charge >= 0.3 is 0 Å². The zero-order valence-electron chi connectivity index (χ0n) is 25.1. The van der Waals surface area contributed by atoms with E-state index in [9.17, 15) is 13.6 Å². The van der Waals surface area contributed by atoms with Crippen LogP contribution in [0, 0.1) is 6.92 Å². The summed E-state index contributed by atoms with van der Waals surface area (Å²) in [5, 5.41) is 11.3. The van der Waals surface area contributed by atoms with Gasteiger partial charge in [-0.2, -0.15) is 5.10 Å². The number of amides is 1. The molecule has 0 bridgehead atoms. The standard InChI is InChI=1S/C33H34ClF2N7OS/c1-19-13-25(23-5-3-21(4-6-23)22-7-10-41(11-8-22)15-20(2)35)28(34)29-26(19)17-43(40-29)31(32(44)39-33-37-9-12-45-33)30-27-14-24(36)16-42(27)18-38-30/h3-6,9,12-13,17-18,20,22,24,31H,7-8,10-11,14-16H2,1-2H3,(H,37,39,44)/t20?,24-,31?/m1/s1. The number of hydrogen-bond acceptors (Lipinski definition) is 6. The van der Waals surface area contributed by atoms with Crippen LogP contribution < -0.4 is 5.32 Å². The summed E-state index contributed by atoms with van der Waals surface area (Å²) in [5.41, 5.74) is 5.81. The smallest absolute Gasteiger partial charge is 0.257 e. The molecule has 1 saturated heterocycles. The molecule has 0 aliphatic carbocycles. The van der Waals surface area contributed by atoms with Crippen LogP contribution in [0.15, 0.2) is 54.4 Å². The number of carbonyl (C=O) groups is 1. The molecule has 1 fully saturated rings. The fourth-order valence-corrected chi connectivity index (χ4v) is 7.59. The van der Waals surface area contributed by atoms with E-state index >= 15 is 0 Å². The number of likely N-dealkylation sites (tertiary alicyclic amines) is 1. The van der Waals surface area contributed by atoms with E-state index in [1.54, 1.807) is 34.1 Å². The summed E-state index contributed by atoms with van der Waals surface area (Å²) in [5.74, 6) is 0.0846. The maximum Gasteiger partial charge on any atom is 0.257 e. The van der Waals surface area contributed by atoms with E-state index in [0.29, 0.717) is 39.5 Å². The van der Waals surface area contributed by atoms with Crippen LogP contribution in [0.4, 0.5) is 13.9 Å². The Morgan fingerprint density at radius 3 is 2.69 bits per heavy atom. The van der Waals surface area contributed by atoms with Crippen molar-refractivity contribution in [2.24, 2.45) is 0 Å². The van der Waals surface area contributed by atoms with E-state index in [0.717, 1.165) is 48.0 Å². The Kier molecular flexibility index (Phi) is 8.18. The number of nitrogens with one attached hydrogen (secondary N) is 1. The second-order valence-electron chi connectivity index (χ2n) is 12.2. The lowest BCUT2D eigenvalue weighted by atomic mass is 9.88. The highest BCUT2D eigenvalue weighted by molar-refractivity contribution is 7.13. The summed E-state index contributed by atoms with van der Waals surface area (Å²) in [7, 11) is 0. The quantitative estimate of drug-likeness (QED) is 0.196. The Morgan fingerprint density at radius 1 is 1.20 bits per heavy atom. The molecule has 2 aromatic carbocycles. The summed E-state index contributed by atoms with van der Waals surface area (Å²) < 4.78 is 31.2. The van der Waals surface area contributed by atoms with Crippen molar-refractivity contribution >= 4 is 44.9 Å². The second-order valence-corrected chi connectivity index (χ2v) is 13.4. The van der Waals surface area contributed by atoms with Crippen molar-refractivity contribution in [1.29, 1.82) is 0 Å². The van der Waals surface area contributed by atoms with Gasteiger partial charge in [0, 0.05) is 47.4 Å². The molecule has 1 N–H and O–H groups in total. The first kappa shape index (κ1) is 30.0. The number of fused-ring (bicyclic) bond motifs is 2. The van der Waals surface area contributed by atoms with E-state index in [4.69, 9.17) is 16.7 Å². The molecule has 2 aliphatic rings. The molecule has 234 valence electrons. The van der Waals surface area contributed by atoms with Crippen molar-refractivity contribution in [1.82, 2.24) is 29.2 Å². The number of aromatic nitrogens is 5. The number of hydrogen-bond donors (Lipinski definition) is 1. The molecule has 2 unspecified atom stereocenters. The number of piperidine rings is 1. The van der Waals surface area contributed by atoms with Crippen molar-refractivity contribution in [2.45, 2.75) is 64.0 Å². The third-order valence-electron chi connectivity index (χ3n) is 8.98. The Balaban J connectivity index is 1.20. The topological polar surface area (TPSA) is 80.9 Å². The minimum atomic E-state index is -1.02. The van der Waals surface area contributed by atoms with Gasteiger partial charge in [-0.1, -0.05) is 35.9 Å². The molecular formula is C33H34ClF2N7OS. The van der Waals surface area contributed by atoms with E-state index in [2.05, 4.69) is 50.5 Å². The van der Waals surface area contributed by atoms with Crippen LogP contribution in [0.1, 0.15) is 54.2 Å². The molecule has 7 rings (SSSR count). The SMILES string of the molecule is Cc1cc(-c2ccc(C3CCN(CC(C)F)CC3)cc2)c(Cl)c2nn(C(C(=O)Nc3nccs3)c3ncn4c3C[C@@H](F)C4)cc12. The van der Waals surface area contributed by atoms with Gasteiger partial charge in [-0.15, -0.1) is 11.3 Å². The predicted molar refractivity (Wildman–Crippen MR) is 174 cm³/mol. The summed E-state index contributed by atoms with van der Waals surface area (Å²) in [6.45, 7) is 6.15. The van der Waals surface area contributed by atoms with Gasteiger partial charge in [0.25, 0.3) is 5.91 Å². The van der Waals surface area contributed by atoms with Crippen molar-refractivity contribution < 1.29 is 13.6 Å². The largest absolute Gasteiger partial charge is 0.331 e. The van der Waals surface area contributed by atoms with Crippen molar-refractivity contribution in [3.05, 3.63) is 82.0 Å². The van der Waals surface area contributed by atoms with Gasteiger partial charge < -0.3 is 9.47 Å². The Bertz CT molecular complexity index is 1830. The van der Waals surface area contributed by atoms with Crippen LogP contribution in [-0.2, 0) is 17.8 Å². The van der Waals surface area contributed by atoms with Gasteiger partial charge in [-0.05, 0) is 68.5 Å². The van der Waals surface area contributed by atoms with E-state index in [-0.39, 0.29) is 18.9 Å². The molecule has 0 spiro atoms. The van der Waals surface area contributed by atoms with Crippen LogP contribution in [0.25, 0.3) is 22.0 Å². The second kappa shape index (κ2) is 12.3. The third kappa shape index (κ3) is 5.89. The number of rotatable bonds is 8. The summed E-state index contributed by atoms with van der Waals surface area (Å²) >= 11 is 8.37. The molecule has 5 aromatic rings. The van der Waals surface area contributed by atoms with E-state index < -0.39 is 18.4 Å². The molecule has 3 atom stereocenters. The maximum absolute atomic E-state index is 14.4. The summed E-state index contributed by atoms with van der Waals surface area (Å²) in [6.07, 6.45) is 5.41. The molecule has 12 heteroatoms. The number of aryl methyl sites for hydroxylation is 1. The van der Waals surface area contributed by atoms with Gasteiger partial charge in [0.15, 0.2) is 11.2 Å². The van der Waals surface area contributed by atoms with Crippen LogP contribution in [0.2, 0.25) is 5.02 Å². The lowest BCUT2D eigenvalue weighted by Crippen LogP contribution is -2.36. The van der Waals surface area contributed by atoms with Crippen LogP contribution in [0.3, 0.4) is 0 Å². The number of thiazole rings is 1. The number of benzene rings is 2. The van der Waals surface area contributed by atoms with Crippen LogP contribution in [0.5, 0.6) is 0 Å². The molecule has 45 heavy (non-hydrogen) atoms. The minimum absolute atomic E-state index is 0.188. The van der Waals surface area contributed by atoms with Crippen molar-refractivity contribution in [3.63, 3.8) is 0 Å². The highest BCUT2D eigenvalue weighted by Gasteiger charge is 2.34. The highest BCUT2D eigenvalue weighted by Crippen LogP contribution is 2.38. The highest BCUT2D eigenvalue weighted by atomic mass is 35.5. The first-order valence-corrected chi connectivity index (χ1v) is 16.5. The van der Waals surface area contributed by atoms with Crippen molar-refractivity contribution in [2.75, 3.05) is 25.0 Å². The van der Waals surface area contributed by atoms with Crippen LogP contribution in [-0.4, -0.2) is 67.1 Å². The minimum Gasteiger partial charge on any atom is -0.331 e. The number of carbonyl (C=O) groups excluding carboxylic acids is 1. The van der Waals surface area contributed by atoms with Gasteiger partial charge in [0.05, 0.1) is 23.6 Å². The lowest BCUT2D eigenvalue weighted by Gasteiger charge is -2.32. The van der Waals surface area contributed by atoms with Gasteiger partial charge in [0.2, 0.25) is 0 Å². The molecule has 0 saturated carbocycles. The fraction of sp³-hybridized carbons (Fsp3) is 0.394. The average molecular weight is 650 g/mol. The average Bonchev–Trinajstić information content (AvgIpc) is 3.82. The molecule has 5 heterocycles. The van der Waals surface area contributed by atoms with Gasteiger partial charge in [-0.25, -0.2) is 18.7 Å². The Morgan fingerprint density at radius 2 is 1.98 bits per heavy atom. The van der Waals surface area contributed by atoms with Crippen molar-refractivity contribution in [3.8, 4) is 11.1 Å². The summed E-state index contributed by atoms with van der Waals surface area (Å²) in [6, 6.07) is 9.63. The number of nitrogens with zero attached hydrogens (tertiary/aromatic N) is 6. The first-order valence-electron chi connectivity index (χ1n) is 15.3. The summed E-state index contributed by atoms with van der Waals surface area (Å²) in [4.78, 5) is 24.7. The first-order chi connectivity index (χ1) is 21.7. The number of halogens is 3. The zero-order valence-corrected chi connectivity index (χ0v) is 26.7. The zero-order chi connectivity index (χ0) is 31.2. The molecule has 0 radical (unpaired) electrons. The predicted octanol–water partition coefficient (Wildman–Crippen LogP) is 6.98. The maximum atomic E-state index is 14.4. The third-order valence-corrected chi connectivity index (χ3v) is 10.0. The van der Waals surface area contributed by atoms with Crippen LogP contribution >= 0.6 is 22.9 Å². The monoisotopic (exact) mass is 649 g/mol. The molecule has 8 nitrogen and oxygen atoms in total. The number of alkyl halides is 2.